The molecule has 0 rings (SSSR count). The minimum atomic E-state index is -0.123. The first kappa shape index (κ1) is 21.5. The average molecular weight is 313 g/mol. The molecule has 1 unspecified atom stereocenters. The van der Waals surface area contributed by atoms with Gasteiger partial charge in [-0.3, -0.25) is 4.79 Å². The van der Waals surface area contributed by atoms with Crippen LogP contribution in [0.4, 0.5) is 0 Å². The number of carbonyl (C=O) groups excluding carboxylic acids is 1. The topological polar surface area (TPSA) is 26.3 Å². The zero-order valence-electron chi connectivity index (χ0n) is 16.0. The molecule has 0 aliphatic rings. The third kappa shape index (κ3) is 15.9. The average Bonchev–Trinajstić information content (AvgIpc) is 2.35. The van der Waals surface area contributed by atoms with Gasteiger partial charge < -0.3 is 4.74 Å². The van der Waals surface area contributed by atoms with Crippen molar-refractivity contribution in [2.24, 2.45) is 11.3 Å². The number of ether oxygens (including phenoxy) is 1. The summed E-state index contributed by atoms with van der Waals surface area (Å²) in [6.07, 6.45) is 12.3. The van der Waals surface area contributed by atoms with Crippen LogP contribution in [0.15, 0.2) is 0 Å². The molecule has 0 N–H and O–H groups in total. The predicted octanol–water partition coefficient (Wildman–Crippen LogP) is 6.52. The van der Waals surface area contributed by atoms with Crippen LogP contribution in [0.1, 0.15) is 106 Å². The molecule has 0 aromatic heterocycles. The first-order valence-corrected chi connectivity index (χ1v) is 9.38. The second-order valence-corrected chi connectivity index (χ2v) is 8.42. The van der Waals surface area contributed by atoms with Crippen LogP contribution in [-0.2, 0) is 9.53 Å². The minimum Gasteiger partial charge on any atom is -0.463 e. The maximum absolute atomic E-state index is 11.2. The molecule has 1 atom stereocenters. The standard InChI is InChI=1S/C20H40O2/c1-17(2)13-9-7-10-14-19(22-18(3)21)15-11-8-12-16-20(4,5)6/h17,19H,7-16H2,1-6H3. The highest BCUT2D eigenvalue weighted by molar-refractivity contribution is 5.66. The highest BCUT2D eigenvalue weighted by Gasteiger charge is 2.13. The van der Waals surface area contributed by atoms with Gasteiger partial charge in [0.15, 0.2) is 0 Å². The van der Waals surface area contributed by atoms with Crippen LogP contribution in [0.3, 0.4) is 0 Å². The lowest BCUT2D eigenvalue weighted by atomic mass is 9.89. The molecule has 0 radical (unpaired) electrons. The van der Waals surface area contributed by atoms with Crippen molar-refractivity contribution < 1.29 is 9.53 Å². The van der Waals surface area contributed by atoms with E-state index >= 15 is 0 Å². The molecule has 0 aromatic rings. The summed E-state index contributed by atoms with van der Waals surface area (Å²) >= 11 is 0. The van der Waals surface area contributed by atoms with Crippen LogP contribution in [0, 0.1) is 11.3 Å². The molecule has 22 heavy (non-hydrogen) atoms. The van der Waals surface area contributed by atoms with Crippen LogP contribution in [-0.4, -0.2) is 12.1 Å². The Bertz CT molecular complexity index is 276. The summed E-state index contributed by atoms with van der Waals surface area (Å²) in [5.74, 6) is 0.675. The first-order valence-electron chi connectivity index (χ1n) is 9.38. The number of esters is 1. The number of carbonyl (C=O) groups is 1. The summed E-state index contributed by atoms with van der Waals surface area (Å²) in [7, 11) is 0. The zero-order chi connectivity index (χ0) is 17.0. The molecule has 2 heteroatoms. The smallest absolute Gasteiger partial charge is 0.302 e. The van der Waals surface area contributed by atoms with E-state index in [-0.39, 0.29) is 12.1 Å². The third-order valence-electron chi connectivity index (χ3n) is 4.09. The van der Waals surface area contributed by atoms with Crippen molar-refractivity contribution >= 4 is 5.97 Å². The Labute approximate surface area is 139 Å². The van der Waals surface area contributed by atoms with Crippen LogP contribution in [0.5, 0.6) is 0 Å². The monoisotopic (exact) mass is 312 g/mol. The van der Waals surface area contributed by atoms with Gasteiger partial charge in [0.2, 0.25) is 0 Å². The van der Waals surface area contributed by atoms with Crippen molar-refractivity contribution in [3.8, 4) is 0 Å². The van der Waals surface area contributed by atoms with Gasteiger partial charge in [-0.25, -0.2) is 0 Å². The fourth-order valence-electron chi connectivity index (χ4n) is 2.80. The van der Waals surface area contributed by atoms with E-state index < -0.39 is 0 Å². The van der Waals surface area contributed by atoms with E-state index in [0.717, 1.165) is 18.8 Å². The van der Waals surface area contributed by atoms with E-state index in [0.29, 0.717) is 5.41 Å². The fraction of sp³-hybridized carbons (Fsp3) is 0.950. The van der Waals surface area contributed by atoms with Gasteiger partial charge in [-0.15, -0.1) is 0 Å². The summed E-state index contributed by atoms with van der Waals surface area (Å²) < 4.78 is 5.49. The van der Waals surface area contributed by atoms with Crippen LogP contribution in [0.2, 0.25) is 0 Å². The van der Waals surface area contributed by atoms with Crippen LogP contribution >= 0.6 is 0 Å². The number of hydrogen-bond acceptors (Lipinski definition) is 2. The Morgan fingerprint density at radius 2 is 1.36 bits per heavy atom. The first-order chi connectivity index (χ1) is 10.2. The Morgan fingerprint density at radius 1 is 0.864 bits per heavy atom. The third-order valence-corrected chi connectivity index (χ3v) is 4.09. The van der Waals surface area contributed by atoms with Crippen LogP contribution in [0.25, 0.3) is 0 Å². The molecule has 0 fully saturated rings. The molecule has 0 heterocycles. The molecule has 0 saturated heterocycles. The maximum atomic E-state index is 11.2. The summed E-state index contributed by atoms with van der Waals surface area (Å²) in [6, 6.07) is 0. The van der Waals surface area contributed by atoms with Crippen LogP contribution < -0.4 is 0 Å². The zero-order valence-corrected chi connectivity index (χ0v) is 16.0. The normalized spacial score (nSPS) is 13.4. The molecule has 0 aliphatic carbocycles. The summed E-state index contributed by atoms with van der Waals surface area (Å²) in [5.41, 5.74) is 0.436. The number of unbranched alkanes of at least 4 members (excludes halogenated alkanes) is 4. The molecular formula is C20H40O2. The summed E-state index contributed by atoms with van der Waals surface area (Å²) in [5, 5.41) is 0. The van der Waals surface area contributed by atoms with Crippen molar-refractivity contribution in [3.05, 3.63) is 0 Å². The van der Waals surface area contributed by atoms with Crippen molar-refractivity contribution in [2.75, 3.05) is 0 Å². The fourth-order valence-corrected chi connectivity index (χ4v) is 2.80. The van der Waals surface area contributed by atoms with Gasteiger partial charge >= 0.3 is 5.97 Å². The lowest BCUT2D eigenvalue weighted by molar-refractivity contribution is -0.147. The number of rotatable bonds is 12. The summed E-state index contributed by atoms with van der Waals surface area (Å²) in [6.45, 7) is 13.0. The van der Waals surface area contributed by atoms with Crippen molar-refractivity contribution in [1.29, 1.82) is 0 Å². The van der Waals surface area contributed by atoms with E-state index in [1.807, 2.05) is 0 Å². The highest BCUT2D eigenvalue weighted by atomic mass is 16.5. The van der Waals surface area contributed by atoms with E-state index in [4.69, 9.17) is 4.74 Å². The van der Waals surface area contributed by atoms with Gasteiger partial charge in [-0.05, 0) is 43.4 Å². The Hall–Kier alpha value is -0.530. The summed E-state index contributed by atoms with van der Waals surface area (Å²) in [4.78, 5) is 11.2. The van der Waals surface area contributed by atoms with Crippen molar-refractivity contribution in [3.63, 3.8) is 0 Å². The molecule has 0 aliphatic heterocycles. The lowest BCUT2D eigenvalue weighted by Gasteiger charge is -2.19. The van der Waals surface area contributed by atoms with Gasteiger partial charge in [0.05, 0.1) is 0 Å². The quantitative estimate of drug-likeness (QED) is 0.303. The maximum Gasteiger partial charge on any atom is 0.302 e. The van der Waals surface area contributed by atoms with Gasteiger partial charge in [-0.2, -0.15) is 0 Å². The van der Waals surface area contributed by atoms with Crippen molar-refractivity contribution in [1.82, 2.24) is 0 Å². The lowest BCUT2D eigenvalue weighted by Crippen LogP contribution is -2.16. The molecule has 0 spiro atoms. The van der Waals surface area contributed by atoms with E-state index in [9.17, 15) is 4.79 Å². The van der Waals surface area contributed by atoms with Gasteiger partial charge in [-0.1, -0.05) is 66.7 Å². The van der Waals surface area contributed by atoms with E-state index in [1.165, 1.54) is 58.3 Å². The minimum absolute atomic E-state index is 0.123. The molecule has 0 bridgehead atoms. The molecule has 0 amide bonds. The van der Waals surface area contributed by atoms with E-state index in [1.54, 1.807) is 0 Å². The Kier molecular flexibility index (Phi) is 11.7. The second-order valence-electron chi connectivity index (χ2n) is 8.42. The molecule has 0 saturated carbocycles. The highest BCUT2D eigenvalue weighted by Crippen LogP contribution is 2.23. The molecular weight excluding hydrogens is 272 g/mol. The number of hydrogen-bond donors (Lipinski definition) is 0. The second kappa shape index (κ2) is 12.0. The van der Waals surface area contributed by atoms with Gasteiger partial charge in [0, 0.05) is 6.92 Å². The van der Waals surface area contributed by atoms with E-state index in [2.05, 4.69) is 34.6 Å². The van der Waals surface area contributed by atoms with Gasteiger partial charge in [0.25, 0.3) is 0 Å². The van der Waals surface area contributed by atoms with Crippen molar-refractivity contribution in [2.45, 2.75) is 112 Å². The predicted molar refractivity (Wildman–Crippen MR) is 96.0 cm³/mol. The molecule has 132 valence electrons. The molecule has 2 nitrogen and oxygen atoms in total. The largest absolute Gasteiger partial charge is 0.463 e. The Balaban J connectivity index is 3.81. The molecule has 0 aromatic carbocycles. The Morgan fingerprint density at radius 3 is 1.82 bits per heavy atom. The SMILES string of the molecule is CC(=O)OC(CCCCCC(C)C)CCCCCC(C)(C)C. The van der Waals surface area contributed by atoms with Gasteiger partial charge in [0.1, 0.15) is 6.10 Å².